The minimum absolute atomic E-state index is 0.0359. The first-order valence-corrected chi connectivity index (χ1v) is 9.70. The predicted molar refractivity (Wildman–Crippen MR) is 97.7 cm³/mol. The molecule has 0 saturated heterocycles. The van der Waals surface area contributed by atoms with Crippen molar-refractivity contribution >= 4 is 15.8 Å². The summed E-state index contributed by atoms with van der Waals surface area (Å²) >= 11 is 0. The lowest BCUT2D eigenvalue weighted by atomic mass is 10.5. The van der Waals surface area contributed by atoms with E-state index in [1.165, 1.54) is 6.33 Å². The summed E-state index contributed by atoms with van der Waals surface area (Å²) in [5.74, 6) is 2.02. The van der Waals surface area contributed by atoms with E-state index < -0.39 is 10.0 Å². The molecule has 0 atom stereocenters. The lowest BCUT2D eigenvalue weighted by molar-refractivity contribution is 0.579. The fraction of sp³-hybridized carbons (Fsp3) is 0.312. The Kier molecular flexibility index (Phi) is 5.33. The van der Waals surface area contributed by atoms with Crippen LogP contribution in [-0.4, -0.2) is 45.6 Å². The number of hydrogen-bond donors (Lipinski definition) is 2. The first-order chi connectivity index (χ1) is 12.5. The first-order valence-electron chi connectivity index (χ1n) is 8.22. The van der Waals surface area contributed by atoms with Gasteiger partial charge in [-0.05, 0) is 26.0 Å². The Labute approximate surface area is 152 Å². The van der Waals surface area contributed by atoms with Gasteiger partial charge >= 0.3 is 0 Å². The standard InChI is InChI=1S/C16H21N7O2S/c1-3-22-11-16(21-13(22)2)26(24,25)20-7-6-17-14-10-15(19-12-18-14)23-8-4-5-9-23/h4-5,8-12,20H,3,6-7H2,1-2H3,(H,17,18,19). The van der Waals surface area contributed by atoms with E-state index in [-0.39, 0.29) is 11.6 Å². The van der Waals surface area contributed by atoms with Crippen LogP contribution >= 0.6 is 0 Å². The zero-order valence-corrected chi connectivity index (χ0v) is 15.4. The Bertz CT molecular complexity index is 964. The van der Waals surface area contributed by atoms with Crippen molar-refractivity contribution in [3.63, 3.8) is 0 Å². The van der Waals surface area contributed by atoms with Crippen LogP contribution < -0.4 is 10.0 Å². The summed E-state index contributed by atoms with van der Waals surface area (Å²) in [6, 6.07) is 5.61. The number of nitrogens with zero attached hydrogens (tertiary/aromatic N) is 5. The molecule has 0 bridgehead atoms. The van der Waals surface area contributed by atoms with Crippen molar-refractivity contribution < 1.29 is 8.42 Å². The molecule has 3 aromatic heterocycles. The molecule has 0 aliphatic heterocycles. The van der Waals surface area contributed by atoms with E-state index in [1.807, 2.05) is 36.0 Å². The van der Waals surface area contributed by atoms with Gasteiger partial charge in [0.05, 0.1) is 0 Å². The van der Waals surface area contributed by atoms with Gasteiger partial charge in [-0.25, -0.2) is 28.1 Å². The van der Waals surface area contributed by atoms with E-state index in [0.29, 0.717) is 24.7 Å². The van der Waals surface area contributed by atoms with E-state index >= 15 is 0 Å². The highest BCUT2D eigenvalue weighted by atomic mass is 32.2. The third kappa shape index (κ3) is 4.09. The molecule has 0 amide bonds. The fourth-order valence-corrected chi connectivity index (χ4v) is 3.49. The number of anilines is 1. The van der Waals surface area contributed by atoms with E-state index in [1.54, 1.807) is 23.8 Å². The van der Waals surface area contributed by atoms with E-state index in [2.05, 4.69) is 25.0 Å². The van der Waals surface area contributed by atoms with Crippen LogP contribution in [0, 0.1) is 6.92 Å². The van der Waals surface area contributed by atoms with Crippen molar-refractivity contribution in [2.45, 2.75) is 25.4 Å². The molecule has 3 rings (SSSR count). The molecule has 2 N–H and O–H groups in total. The minimum atomic E-state index is -3.63. The average Bonchev–Trinajstić information content (AvgIpc) is 3.29. The van der Waals surface area contributed by atoms with Crippen molar-refractivity contribution in [1.82, 2.24) is 28.8 Å². The van der Waals surface area contributed by atoms with Gasteiger partial charge in [0.2, 0.25) is 0 Å². The summed E-state index contributed by atoms with van der Waals surface area (Å²) in [7, 11) is -3.63. The van der Waals surface area contributed by atoms with Crippen LogP contribution in [0.4, 0.5) is 5.82 Å². The quantitative estimate of drug-likeness (QED) is 0.573. The number of aryl methyl sites for hydroxylation is 2. The largest absolute Gasteiger partial charge is 0.369 e. The molecule has 0 fully saturated rings. The molecule has 0 saturated carbocycles. The second-order valence-corrected chi connectivity index (χ2v) is 7.30. The summed E-state index contributed by atoms with van der Waals surface area (Å²) in [5.41, 5.74) is 0. The number of nitrogens with one attached hydrogen (secondary N) is 2. The van der Waals surface area contributed by atoms with Crippen LogP contribution in [0.2, 0.25) is 0 Å². The molecule has 0 radical (unpaired) electrons. The fourth-order valence-electron chi connectivity index (χ4n) is 2.45. The van der Waals surface area contributed by atoms with Crippen LogP contribution in [0.5, 0.6) is 0 Å². The molecule has 0 spiro atoms. The lowest BCUT2D eigenvalue weighted by Crippen LogP contribution is -2.29. The summed E-state index contributed by atoms with van der Waals surface area (Å²) in [6.07, 6.45) is 6.77. The molecule has 26 heavy (non-hydrogen) atoms. The van der Waals surface area contributed by atoms with Gasteiger partial charge in [0.25, 0.3) is 10.0 Å². The number of aromatic nitrogens is 5. The van der Waals surface area contributed by atoms with Crippen molar-refractivity contribution in [3.05, 3.63) is 48.9 Å². The van der Waals surface area contributed by atoms with Crippen molar-refractivity contribution in [1.29, 1.82) is 0 Å². The van der Waals surface area contributed by atoms with E-state index in [4.69, 9.17) is 0 Å². The van der Waals surface area contributed by atoms with Gasteiger partial charge in [-0.3, -0.25) is 0 Å². The Morgan fingerprint density at radius 2 is 1.92 bits per heavy atom. The van der Waals surface area contributed by atoms with Crippen molar-refractivity contribution in [3.8, 4) is 5.82 Å². The molecular formula is C16H21N7O2S. The van der Waals surface area contributed by atoms with Crippen LogP contribution in [0.1, 0.15) is 12.7 Å². The highest BCUT2D eigenvalue weighted by Gasteiger charge is 2.18. The predicted octanol–water partition coefficient (Wildman–Crippen LogP) is 1.18. The van der Waals surface area contributed by atoms with Gasteiger partial charge in [0.1, 0.15) is 23.8 Å². The van der Waals surface area contributed by atoms with Crippen molar-refractivity contribution in [2.24, 2.45) is 0 Å². The molecule has 0 aromatic carbocycles. The molecule has 9 nitrogen and oxygen atoms in total. The van der Waals surface area contributed by atoms with Gasteiger partial charge in [0.15, 0.2) is 5.03 Å². The minimum Gasteiger partial charge on any atom is -0.369 e. The number of imidazole rings is 1. The SMILES string of the molecule is CCn1cc(S(=O)(=O)NCCNc2cc(-n3cccc3)ncn2)nc1C. The maximum absolute atomic E-state index is 12.3. The molecule has 0 unspecified atom stereocenters. The second kappa shape index (κ2) is 7.67. The molecule has 138 valence electrons. The maximum atomic E-state index is 12.3. The molecule has 3 heterocycles. The van der Waals surface area contributed by atoms with E-state index in [9.17, 15) is 8.42 Å². The molecular weight excluding hydrogens is 354 g/mol. The molecule has 0 aliphatic rings. The average molecular weight is 375 g/mol. The zero-order chi connectivity index (χ0) is 18.6. The Balaban J connectivity index is 1.56. The second-order valence-electron chi connectivity index (χ2n) is 5.59. The zero-order valence-electron chi connectivity index (χ0n) is 14.6. The van der Waals surface area contributed by atoms with Gasteiger partial charge in [-0.2, -0.15) is 0 Å². The lowest BCUT2D eigenvalue weighted by Gasteiger charge is -2.08. The Morgan fingerprint density at radius 1 is 1.15 bits per heavy atom. The van der Waals surface area contributed by atoms with Crippen LogP contribution in [-0.2, 0) is 16.6 Å². The summed E-state index contributed by atoms with van der Waals surface area (Å²) in [4.78, 5) is 12.4. The highest BCUT2D eigenvalue weighted by molar-refractivity contribution is 7.89. The summed E-state index contributed by atoms with van der Waals surface area (Å²) < 4.78 is 30.8. The topological polar surface area (TPSA) is 107 Å². The van der Waals surface area contributed by atoms with Crippen LogP contribution in [0.25, 0.3) is 5.82 Å². The number of rotatable bonds is 8. The van der Waals surface area contributed by atoms with Crippen molar-refractivity contribution in [2.75, 3.05) is 18.4 Å². The maximum Gasteiger partial charge on any atom is 0.259 e. The number of sulfonamides is 1. The molecule has 0 aliphatic carbocycles. The van der Waals surface area contributed by atoms with E-state index in [0.717, 1.165) is 5.82 Å². The third-order valence-corrected chi connectivity index (χ3v) is 5.15. The molecule has 3 aromatic rings. The summed E-state index contributed by atoms with van der Waals surface area (Å²) in [6.45, 7) is 4.99. The van der Waals surface area contributed by atoms with Crippen LogP contribution in [0.15, 0.2) is 48.1 Å². The Morgan fingerprint density at radius 3 is 2.62 bits per heavy atom. The number of hydrogen-bond acceptors (Lipinski definition) is 6. The molecule has 10 heteroatoms. The smallest absolute Gasteiger partial charge is 0.259 e. The Hall–Kier alpha value is -2.72. The first kappa shape index (κ1) is 18.1. The third-order valence-electron chi connectivity index (χ3n) is 3.81. The van der Waals surface area contributed by atoms with Gasteiger partial charge < -0.3 is 14.5 Å². The van der Waals surface area contributed by atoms with Gasteiger partial charge in [0, 0.05) is 44.3 Å². The highest BCUT2D eigenvalue weighted by Crippen LogP contribution is 2.10. The normalized spacial score (nSPS) is 11.6. The monoisotopic (exact) mass is 375 g/mol. The summed E-state index contributed by atoms with van der Waals surface area (Å²) in [5, 5.41) is 3.12. The van der Waals surface area contributed by atoms with Crippen LogP contribution in [0.3, 0.4) is 0 Å². The van der Waals surface area contributed by atoms with Gasteiger partial charge in [-0.1, -0.05) is 0 Å². The van der Waals surface area contributed by atoms with Gasteiger partial charge in [-0.15, -0.1) is 0 Å².